The van der Waals surface area contributed by atoms with Gasteiger partial charge in [-0.25, -0.2) is 0 Å². The predicted octanol–water partition coefficient (Wildman–Crippen LogP) is 4.68. The summed E-state index contributed by atoms with van der Waals surface area (Å²) in [5.74, 6) is -0.439. The van der Waals surface area contributed by atoms with Crippen molar-refractivity contribution in [2.75, 3.05) is 17.2 Å². The van der Waals surface area contributed by atoms with Gasteiger partial charge in [0.05, 0.1) is 11.4 Å². The third-order valence-corrected chi connectivity index (χ3v) is 6.07. The Morgan fingerprint density at radius 1 is 1.07 bits per heavy atom. The van der Waals surface area contributed by atoms with Gasteiger partial charge in [-0.1, -0.05) is 24.3 Å². The van der Waals surface area contributed by atoms with E-state index in [1.807, 2.05) is 29.6 Å². The van der Waals surface area contributed by atoms with Gasteiger partial charge in [0.1, 0.15) is 0 Å². The second kappa shape index (κ2) is 9.65. The standard InChI is InChI=1S/C21H21N2O4PS/c22-17-10-9-16(20-4-2-12-29-20)13-18(17)23-21(25)15-7-5-14(6-8-15)19(24)3-1-11-28(26)27/h2,4-10,12-13,28H,1,3,11,22H2,(H,23,25)(H,26,27). The number of hydrogen-bond donors (Lipinski definition) is 3. The number of thiophene rings is 1. The Hall–Kier alpha value is -2.73. The maximum atomic E-state index is 12.6. The van der Waals surface area contributed by atoms with Gasteiger partial charge in [0, 0.05) is 28.6 Å². The lowest BCUT2D eigenvalue weighted by molar-refractivity contribution is 0.0979. The van der Waals surface area contributed by atoms with Crippen molar-refractivity contribution in [3.8, 4) is 10.4 Å². The summed E-state index contributed by atoms with van der Waals surface area (Å²) in [6, 6.07) is 15.8. The van der Waals surface area contributed by atoms with Gasteiger partial charge < -0.3 is 15.9 Å². The van der Waals surface area contributed by atoms with Crippen LogP contribution in [0, 0.1) is 0 Å². The predicted molar refractivity (Wildman–Crippen MR) is 118 cm³/mol. The SMILES string of the molecule is Nc1ccc(-c2cccs2)cc1NC(=O)c1ccc(C(=O)CCC[PH](=O)O)cc1. The molecule has 6 nitrogen and oxygen atoms in total. The average molecular weight is 428 g/mol. The highest BCUT2D eigenvalue weighted by atomic mass is 32.1. The van der Waals surface area contributed by atoms with Crippen molar-refractivity contribution >= 4 is 42.4 Å². The third-order valence-electron chi connectivity index (χ3n) is 4.37. The number of hydrogen-bond acceptors (Lipinski definition) is 5. The highest BCUT2D eigenvalue weighted by molar-refractivity contribution is 7.37. The zero-order valence-electron chi connectivity index (χ0n) is 15.6. The minimum atomic E-state index is -2.54. The maximum Gasteiger partial charge on any atom is 0.255 e. The van der Waals surface area contributed by atoms with Gasteiger partial charge in [-0.2, -0.15) is 0 Å². The van der Waals surface area contributed by atoms with Gasteiger partial charge in [0.2, 0.25) is 0 Å². The number of nitrogens with one attached hydrogen (secondary N) is 1. The van der Waals surface area contributed by atoms with E-state index in [1.54, 1.807) is 41.7 Å². The van der Waals surface area contributed by atoms with Crippen molar-refractivity contribution in [3.63, 3.8) is 0 Å². The van der Waals surface area contributed by atoms with Crippen LogP contribution in [0.3, 0.4) is 0 Å². The minimum Gasteiger partial charge on any atom is -0.397 e. The molecule has 0 saturated heterocycles. The van der Waals surface area contributed by atoms with Gasteiger partial charge in [0.25, 0.3) is 5.91 Å². The van der Waals surface area contributed by atoms with Crippen molar-refractivity contribution < 1.29 is 19.0 Å². The summed E-state index contributed by atoms with van der Waals surface area (Å²) >= 11 is 1.60. The molecule has 1 amide bonds. The molecule has 1 unspecified atom stereocenters. The van der Waals surface area contributed by atoms with Crippen molar-refractivity contribution in [2.45, 2.75) is 12.8 Å². The van der Waals surface area contributed by atoms with E-state index in [1.165, 1.54) is 0 Å². The molecular weight excluding hydrogens is 407 g/mol. The fourth-order valence-corrected chi connectivity index (χ4v) is 4.01. The van der Waals surface area contributed by atoms with Crippen molar-refractivity contribution in [3.05, 3.63) is 71.1 Å². The average Bonchev–Trinajstić information content (AvgIpc) is 3.24. The van der Waals surface area contributed by atoms with Crippen LogP contribution in [0.15, 0.2) is 60.0 Å². The number of benzene rings is 2. The van der Waals surface area contributed by atoms with E-state index in [0.717, 1.165) is 10.4 Å². The van der Waals surface area contributed by atoms with Crippen LogP contribution in [-0.2, 0) is 4.57 Å². The van der Waals surface area contributed by atoms with Crippen molar-refractivity contribution in [2.24, 2.45) is 0 Å². The molecule has 1 atom stereocenters. The number of nitrogen functional groups attached to an aromatic ring is 1. The first-order valence-corrected chi connectivity index (χ1v) is 11.5. The molecule has 0 bridgehead atoms. The summed E-state index contributed by atoms with van der Waals surface area (Å²) in [6.07, 6.45) is 0.715. The van der Waals surface area contributed by atoms with Crippen molar-refractivity contribution in [1.82, 2.24) is 0 Å². The first kappa shape index (κ1) is 21.0. The molecule has 0 aliphatic carbocycles. The molecule has 0 saturated carbocycles. The van der Waals surface area contributed by atoms with E-state index in [4.69, 9.17) is 10.6 Å². The lowest BCUT2D eigenvalue weighted by Crippen LogP contribution is -2.13. The van der Waals surface area contributed by atoms with Crippen LogP contribution in [0.1, 0.15) is 33.6 Å². The van der Waals surface area contributed by atoms with Crippen molar-refractivity contribution in [1.29, 1.82) is 0 Å². The van der Waals surface area contributed by atoms with E-state index in [9.17, 15) is 14.2 Å². The Morgan fingerprint density at radius 2 is 1.79 bits per heavy atom. The van der Waals surface area contributed by atoms with Gasteiger partial charge in [-0.15, -0.1) is 11.3 Å². The molecule has 2 aromatic carbocycles. The Kier molecular flexibility index (Phi) is 6.99. The largest absolute Gasteiger partial charge is 0.397 e. The first-order valence-electron chi connectivity index (χ1n) is 9.04. The summed E-state index contributed by atoms with van der Waals surface area (Å²) < 4.78 is 10.7. The van der Waals surface area contributed by atoms with Gasteiger partial charge >= 0.3 is 0 Å². The number of nitrogens with two attached hydrogens (primary N) is 1. The number of Topliss-reactive ketones (excluding diaryl/α,β-unsaturated/α-hetero) is 1. The van der Waals surface area contributed by atoms with Crippen LogP contribution >= 0.6 is 19.4 Å². The summed E-state index contributed by atoms with van der Waals surface area (Å²) in [5, 5.41) is 4.80. The molecular formula is C21H21N2O4PS. The van der Waals surface area contributed by atoms with E-state index < -0.39 is 8.03 Å². The quantitative estimate of drug-likeness (QED) is 0.274. The van der Waals surface area contributed by atoms with Crippen LogP contribution in [0.4, 0.5) is 11.4 Å². The van der Waals surface area contributed by atoms with Crippen LogP contribution in [0.25, 0.3) is 10.4 Å². The molecule has 1 heterocycles. The zero-order valence-corrected chi connectivity index (χ0v) is 17.4. The second-order valence-corrected chi connectivity index (χ2v) is 8.72. The van der Waals surface area contributed by atoms with Crippen LogP contribution in [-0.4, -0.2) is 22.7 Å². The summed E-state index contributed by atoms with van der Waals surface area (Å²) in [6.45, 7) is 0. The van der Waals surface area contributed by atoms with E-state index in [-0.39, 0.29) is 24.3 Å². The van der Waals surface area contributed by atoms with E-state index in [2.05, 4.69) is 5.32 Å². The third kappa shape index (κ3) is 5.64. The summed E-state index contributed by atoms with van der Waals surface area (Å²) in [4.78, 5) is 34.6. The van der Waals surface area contributed by atoms with Crippen LogP contribution < -0.4 is 11.1 Å². The number of carbonyl (C=O) groups is 2. The molecule has 0 radical (unpaired) electrons. The molecule has 0 aliphatic rings. The Balaban J connectivity index is 1.67. The van der Waals surface area contributed by atoms with E-state index in [0.29, 0.717) is 28.9 Å². The smallest absolute Gasteiger partial charge is 0.255 e. The number of ketones is 1. The zero-order chi connectivity index (χ0) is 20.8. The highest BCUT2D eigenvalue weighted by Crippen LogP contribution is 2.30. The Bertz CT molecular complexity index is 1030. The summed E-state index contributed by atoms with van der Waals surface area (Å²) in [5.41, 5.74) is 8.85. The molecule has 29 heavy (non-hydrogen) atoms. The van der Waals surface area contributed by atoms with Crippen LogP contribution in [0.5, 0.6) is 0 Å². The molecule has 3 rings (SSSR count). The number of amides is 1. The lowest BCUT2D eigenvalue weighted by Gasteiger charge is -2.10. The van der Waals surface area contributed by atoms with Gasteiger partial charge in [-0.3, -0.25) is 14.2 Å². The molecule has 0 spiro atoms. The fraction of sp³-hybridized carbons (Fsp3) is 0.143. The fourth-order valence-electron chi connectivity index (χ4n) is 2.81. The molecule has 8 heteroatoms. The van der Waals surface area contributed by atoms with Crippen LogP contribution in [0.2, 0.25) is 0 Å². The van der Waals surface area contributed by atoms with E-state index >= 15 is 0 Å². The number of carbonyl (C=O) groups excluding carboxylic acids is 2. The maximum absolute atomic E-state index is 12.6. The molecule has 4 N–H and O–H groups in total. The summed E-state index contributed by atoms with van der Waals surface area (Å²) in [7, 11) is -2.54. The molecule has 3 aromatic rings. The normalized spacial score (nSPS) is 11.8. The molecule has 1 aromatic heterocycles. The number of rotatable bonds is 8. The second-order valence-electron chi connectivity index (χ2n) is 6.48. The molecule has 0 aliphatic heterocycles. The monoisotopic (exact) mass is 428 g/mol. The first-order chi connectivity index (χ1) is 13.9. The molecule has 0 fully saturated rings. The lowest BCUT2D eigenvalue weighted by atomic mass is 10.0. The van der Waals surface area contributed by atoms with Gasteiger partial charge in [0.15, 0.2) is 13.8 Å². The highest BCUT2D eigenvalue weighted by Gasteiger charge is 2.12. The van der Waals surface area contributed by atoms with Gasteiger partial charge in [-0.05, 0) is 47.7 Å². The Morgan fingerprint density at radius 3 is 2.45 bits per heavy atom. The minimum absolute atomic E-state index is 0.117. The topological polar surface area (TPSA) is 109 Å². The Labute approximate surface area is 173 Å². The molecule has 150 valence electrons. The number of anilines is 2.